The van der Waals surface area contributed by atoms with Crippen LogP contribution in [0.25, 0.3) is 6.08 Å². The molecule has 0 unspecified atom stereocenters. The third-order valence-electron chi connectivity index (χ3n) is 4.91. The van der Waals surface area contributed by atoms with Gasteiger partial charge in [0.2, 0.25) is 0 Å². The van der Waals surface area contributed by atoms with Gasteiger partial charge in [-0.3, -0.25) is 4.79 Å². The van der Waals surface area contributed by atoms with Crippen LogP contribution in [0.1, 0.15) is 27.2 Å². The van der Waals surface area contributed by atoms with Crippen molar-refractivity contribution in [1.29, 1.82) is 0 Å². The SMILES string of the molecule is COc1ccc(C(=O)/C=C/c2ccc(OCc3cn(Cc4ccc(F)cc4)nn3)cc2)cc1. The molecule has 4 rings (SSSR count). The number of hydrogen-bond donors (Lipinski definition) is 0. The quantitative estimate of drug-likeness (QED) is 0.271. The fourth-order valence-electron chi connectivity index (χ4n) is 3.11. The van der Waals surface area contributed by atoms with Gasteiger partial charge in [-0.25, -0.2) is 9.07 Å². The summed E-state index contributed by atoms with van der Waals surface area (Å²) in [4.78, 5) is 12.3. The normalized spacial score (nSPS) is 11.0. The average molecular weight is 443 g/mol. The summed E-state index contributed by atoms with van der Waals surface area (Å²) in [6.45, 7) is 0.776. The predicted molar refractivity (Wildman–Crippen MR) is 123 cm³/mol. The van der Waals surface area contributed by atoms with Gasteiger partial charge in [0.25, 0.3) is 0 Å². The average Bonchev–Trinajstić information content (AvgIpc) is 3.30. The van der Waals surface area contributed by atoms with Crippen molar-refractivity contribution in [3.63, 3.8) is 0 Å². The monoisotopic (exact) mass is 443 g/mol. The number of allylic oxidation sites excluding steroid dienone is 1. The van der Waals surface area contributed by atoms with E-state index < -0.39 is 0 Å². The Morgan fingerprint density at radius 1 is 0.970 bits per heavy atom. The minimum Gasteiger partial charge on any atom is -0.497 e. The van der Waals surface area contributed by atoms with Crippen molar-refractivity contribution in [2.45, 2.75) is 13.2 Å². The first-order chi connectivity index (χ1) is 16.1. The Morgan fingerprint density at radius 2 is 1.67 bits per heavy atom. The number of ketones is 1. The maximum Gasteiger partial charge on any atom is 0.185 e. The molecule has 0 amide bonds. The molecule has 0 aliphatic carbocycles. The lowest BCUT2D eigenvalue weighted by atomic mass is 10.1. The fraction of sp³-hybridized carbons (Fsp3) is 0.115. The lowest BCUT2D eigenvalue weighted by Gasteiger charge is -2.04. The van der Waals surface area contributed by atoms with Gasteiger partial charge in [-0.15, -0.1) is 5.10 Å². The Balaban J connectivity index is 1.29. The number of benzene rings is 3. The van der Waals surface area contributed by atoms with E-state index in [0.717, 1.165) is 11.1 Å². The topological polar surface area (TPSA) is 66.2 Å². The number of carbonyl (C=O) groups excluding carboxylic acids is 1. The largest absolute Gasteiger partial charge is 0.497 e. The van der Waals surface area contributed by atoms with Crippen molar-refractivity contribution in [1.82, 2.24) is 15.0 Å². The Hall–Kier alpha value is -4.26. The Kier molecular flexibility index (Phi) is 6.90. The van der Waals surface area contributed by atoms with Gasteiger partial charge in [0, 0.05) is 5.56 Å². The number of carbonyl (C=O) groups is 1. The highest BCUT2D eigenvalue weighted by molar-refractivity contribution is 6.06. The van der Waals surface area contributed by atoms with Crippen molar-refractivity contribution in [2.24, 2.45) is 0 Å². The van der Waals surface area contributed by atoms with Crippen molar-refractivity contribution in [2.75, 3.05) is 7.11 Å². The molecule has 0 N–H and O–H groups in total. The molecule has 166 valence electrons. The van der Waals surface area contributed by atoms with E-state index >= 15 is 0 Å². The predicted octanol–water partition coefficient (Wildman–Crippen LogP) is 4.95. The van der Waals surface area contributed by atoms with Gasteiger partial charge in [-0.1, -0.05) is 35.6 Å². The highest BCUT2D eigenvalue weighted by atomic mass is 19.1. The van der Waals surface area contributed by atoms with Gasteiger partial charge in [0.15, 0.2) is 5.78 Å². The molecule has 1 aromatic heterocycles. The molecule has 4 aromatic rings. The standard InChI is InChI=1S/C26H22FN3O3/c1-32-24-13-7-21(8-14-24)26(31)15-6-19-4-11-25(12-5-19)33-18-23-17-30(29-28-23)16-20-2-9-22(27)10-3-20/h2-15,17H,16,18H2,1H3/b15-6+. The van der Waals surface area contributed by atoms with Crippen LogP contribution in [0.2, 0.25) is 0 Å². The van der Waals surface area contributed by atoms with E-state index in [2.05, 4.69) is 10.3 Å². The van der Waals surface area contributed by atoms with Crippen LogP contribution in [0, 0.1) is 5.82 Å². The Bertz CT molecular complexity index is 1230. The molecule has 0 fully saturated rings. The second-order valence-corrected chi connectivity index (χ2v) is 7.32. The molecule has 0 bridgehead atoms. The van der Waals surface area contributed by atoms with E-state index in [-0.39, 0.29) is 18.2 Å². The number of methoxy groups -OCH3 is 1. The summed E-state index contributed by atoms with van der Waals surface area (Å²) < 4.78 is 25.6. The number of aromatic nitrogens is 3. The maximum absolute atomic E-state index is 13.0. The van der Waals surface area contributed by atoms with E-state index in [0.29, 0.717) is 29.3 Å². The van der Waals surface area contributed by atoms with Crippen LogP contribution in [0.4, 0.5) is 4.39 Å². The van der Waals surface area contributed by atoms with Crippen molar-refractivity contribution >= 4 is 11.9 Å². The Morgan fingerprint density at radius 3 is 2.36 bits per heavy atom. The van der Waals surface area contributed by atoms with Crippen LogP contribution < -0.4 is 9.47 Å². The molecule has 0 saturated heterocycles. The number of nitrogens with zero attached hydrogens (tertiary/aromatic N) is 3. The van der Waals surface area contributed by atoms with Gasteiger partial charge in [0.05, 0.1) is 19.9 Å². The number of hydrogen-bond acceptors (Lipinski definition) is 5. The summed E-state index contributed by atoms with van der Waals surface area (Å²) in [6, 6.07) is 20.7. The van der Waals surface area contributed by atoms with Crippen LogP contribution in [0.5, 0.6) is 11.5 Å². The molecular formula is C26H22FN3O3. The van der Waals surface area contributed by atoms with Crippen LogP contribution in [0.15, 0.2) is 85.1 Å². The number of rotatable bonds is 9. The minimum absolute atomic E-state index is 0.0818. The lowest BCUT2D eigenvalue weighted by molar-refractivity contribution is 0.104. The van der Waals surface area contributed by atoms with Gasteiger partial charge in [-0.05, 0) is 65.7 Å². The van der Waals surface area contributed by atoms with Crippen LogP contribution in [0.3, 0.4) is 0 Å². The molecule has 0 saturated carbocycles. The second kappa shape index (κ2) is 10.4. The van der Waals surface area contributed by atoms with Crippen molar-refractivity contribution in [3.8, 4) is 11.5 Å². The van der Waals surface area contributed by atoms with Crippen molar-refractivity contribution in [3.05, 3.63) is 113 Å². The second-order valence-electron chi connectivity index (χ2n) is 7.32. The highest BCUT2D eigenvalue weighted by Crippen LogP contribution is 2.16. The van der Waals surface area contributed by atoms with E-state index in [9.17, 15) is 9.18 Å². The molecule has 0 radical (unpaired) electrons. The number of halogens is 1. The molecule has 1 heterocycles. The smallest absolute Gasteiger partial charge is 0.185 e. The third-order valence-corrected chi connectivity index (χ3v) is 4.91. The minimum atomic E-state index is -0.267. The molecule has 3 aromatic carbocycles. The summed E-state index contributed by atoms with van der Waals surface area (Å²) in [7, 11) is 1.59. The zero-order valence-electron chi connectivity index (χ0n) is 18.0. The summed E-state index contributed by atoms with van der Waals surface area (Å²) in [5.41, 5.74) is 3.10. The first kappa shape index (κ1) is 22.0. The first-order valence-corrected chi connectivity index (χ1v) is 10.3. The Labute approximate surface area is 190 Å². The molecule has 6 nitrogen and oxygen atoms in total. The van der Waals surface area contributed by atoms with Gasteiger partial charge < -0.3 is 9.47 Å². The molecular weight excluding hydrogens is 421 g/mol. The molecule has 0 aliphatic rings. The summed E-state index contributed by atoms with van der Waals surface area (Å²) in [5, 5.41) is 8.19. The van der Waals surface area contributed by atoms with Crippen LogP contribution >= 0.6 is 0 Å². The van der Waals surface area contributed by atoms with Gasteiger partial charge >= 0.3 is 0 Å². The van der Waals surface area contributed by atoms with E-state index in [1.807, 2.05) is 24.3 Å². The van der Waals surface area contributed by atoms with E-state index in [1.165, 1.54) is 18.2 Å². The van der Waals surface area contributed by atoms with E-state index in [1.54, 1.807) is 60.5 Å². The van der Waals surface area contributed by atoms with Crippen LogP contribution in [-0.4, -0.2) is 27.9 Å². The molecule has 0 aliphatic heterocycles. The summed E-state index contributed by atoms with van der Waals surface area (Å²) in [6.07, 6.45) is 5.10. The van der Waals surface area contributed by atoms with Crippen LogP contribution in [-0.2, 0) is 13.2 Å². The first-order valence-electron chi connectivity index (χ1n) is 10.3. The molecule has 33 heavy (non-hydrogen) atoms. The van der Waals surface area contributed by atoms with Gasteiger partial charge in [0.1, 0.15) is 29.6 Å². The maximum atomic E-state index is 13.0. The zero-order chi connectivity index (χ0) is 23.0. The van der Waals surface area contributed by atoms with Crippen molar-refractivity contribution < 1.29 is 18.7 Å². The number of ether oxygens (including phenoxy) is 2. The third kappa shape index (κ3) is 6.13. The van der Waals surface area contributed by atoms with Gasteiger partial charge in [-0.2, -0.15) is 0 Å². The zero-order valence-corrected chi connectivity index (χ0v) is 18.0. The molecule has 7 heteroatoms. The highest BCUT2D eigenvalue weighted by Gasteiger charge is 2.05. The molecule has 0 atom stereocenters. The lowest BCUT2D eigenvalue weighted by Crippen LogP contribution is -2.00. The fourth-order valence-corrected chi connectivity index (χ4v) is 3.11. The summed E-state index contributed by atoms with van der Waals surface area (Å²) >= 11 is 0. The summed E-state index contributed by atoms with van der Waals surface area (Å²) in [5.74, 6) is 1.04. The molecule has 0 spiro atoms. The van der Waals surface area contributed by atoms with E-state index in [4.69, 9.17) is 9.47 Å².